The number of nitro groups is 1. The third-order valence-electron chi connectivity index (χ3n) is 5.25. The number of benzene rings is 2. The summed E-state index contributed by atoms with van der Waals surface area (Å²) in [4.78, 5) is 13.5. The molecule has 0 atom stereocenters. The maximum atomic E-state index is 11.7. The molecule has 36 heavy (non-hydrogen) atoms. The van der Waals surface area contributed by atoms with Crippen LogP contribution < -0.4 is 10.1 Å². The molecule has 196 valence electrons. The number of anilines is 2. The van der Waals surface area contributed by atoms with E-state index in [2.05, 4.69) is 31.0 Å². The number of nitrogens with one attached hydrogen (secondary N) is 1. The van der Waals surface area contributed by atoms with Gasteiger partial charge in [0, 0.05) is 23.9 Å². The van der Waals surface area contributed by atoms with E-state index in [1.807, 2.05) is 37.0 Å². The van der Waals surface area contributed by atoms with Crippen molar-refractivity contribution in [3.8, 4) is 17.0 Å². The second-order valence-electron chi connectivity index (χ2n) is 10.3. The fourth-order valence-corrected chi connectivity index (χ4v) is 3.79. The highest BCUT2D eigenvalue weighted by atomic mass is 32.2. The number of nitrogens with zero attached hydrogens (tertiary/aromatic N) is 4. The van der Waals surface area contributed by atoms with Crippen molar-refractivity contribution in [1.29, 1.82) is 0 Å². The van der Waals surface area contributed by atoms with Gasteiger partial charge in [-0.3, -0.25) is 19.3 Å². The van der Waals surface area contributed by atoms with Gasteiger partial charge in [0.05, 0.1) is 28.7 Å². The minimum Gasteiger partial charge on any atom is -0.493 e. The molecule has 12 heteroatoms. The van der Waals surface area contributed by atoms with Gasteiger partial charge in [0.25, 0.3) is 15.8 Å². The van der Waals surface area contributed by atoms with Gasteiger partial charge in [0.15, 0.2) is 0 Å². The van der Waals surface area contributed by atoms with Gasteiger partial charge >= 0.3 is 0 Å². The van der Waals surface area contributed by atoms with Crippen molar-refractivity contribution in [3.63, 3.8) is 0 Å². The normalized spacial score (nSPS) is 12.6. The highest BCUT2D eigenvalue weighted by molar-refractivity contribution is 7.85. The number of rotatable bonds is 7. The summed E-state index contributed by atoms with van der Waals surface area (Å²) in [6.07, 6.45) is 1.65. The molecular weight excluding hydrogens is 486 g/mol. The number of nitro benzene ring substituents is 1. The third-order valence-corrected chi connectivity index (χ3v) is 5.25. The molecule has 1 aromatic heterocycles. The molecule has 1 aliphatic heterocycles. The van der Waals surface area contributed by atoms with E-state index in [9.17, 15) is 18.5 Å². The monoisotopic (exact) mass is 519 g/mol. The Bertz CT molecular complexity index is 1370. The maximum absolute atomic E-state index is 11.7. The predicted molar refractivity (Wildman–Crippen MR) is 141 cm³/mol. The van der Waals surface area contributed by atoms with E-state index >= 15 is 0 Å². The van der Waals surface area contributed by atoms with E-state index in [4.69, 9.17) is 14.4 Å². The van der Waals surface area contributed by atoms with Gasteiger partial charge in [-0.1, -0.05) is 20.8 Å². The lowest BCUT2D eigenvalue weighted by molar-refractivity contribution is -0.383. The fourth-order valence-electron chi connectivity index (χ4n) is 3.79. The van der Waals surface area contributed by atoms with Gasteiger partial charge in [-0.2, -0.15) is 13.5 Å². The molecule has 0 amide bonds. The molecular formula is C24H33N5O6S. The molecule has 11 nitrogen and oxygen atoms in total. The first-order valence-corrected chi connectivity index (χ1v) is 13.3. The van der Waals surface area contributed by atoms with Crippen LogP contribution in [0.4, 0.5) is 17.1 Å². The molecule has 0 spiro atoms. The van der Waals surface area contributed by atoms with Crippen molar-refractivity contribution in [2.75, 3.05) is 38.8 Å². The molecule has 2 aromatic carbocycles. The zero-order valence-corrected chi connectivity index (χ0v) is 22.2. The number of ether oxygens (including phenoxy) is 1. The van der Waals surface area contributed by atoms with Crippen LogP contribution in [0.3, 0.4) is 0 Å². The van der Waals surface area contributed by atoms with Crippen LogP contribution in [0.5, 0.6) is 5.75 Å². The summed E-state index contributed by atoms with van der Waals surface area (Å²) >= 11 is 0. The number of hydrogen-bond acceptors (Lipinski definition) is 8. The van der Waals surface area contributed by atoms with Gasteiger partial charge in [-0.05, 0) is 56.7 Å². The Labute approximate surface area is 210 Å². The van der Waals surface area contributed by atoms with Crippen LogP contribution in [0.15, 0.2) is 30.3 Å². The van der Waals surface area contributed by atoms with Crippen molar-refractivity contribution in [3.05, 3.63) is 40.4 Å². The van der Waals surface area contributed by atoms with Gasteiger partial charge in [0.2, 0.25) is 0 Å². The summed E-state index contributed by atoms with van der Waals surface area (Å²) in [6.45, 7) is 8.65. The highest BCUT2D eigenvalue weighted by Crippen LogP contribution is 2.48. The molecule has 1 aliphatic rings. The van der Waals surface area contributed by atoms with Gasteiger partial charge in [-0.25, -0.2) is 0 Å². The smallest absolute Gasteiger partial charge is 0.293 e. The van der Waals surface area contributed by atoms with E-state index in [-0.39, 0.29) is 16.0 Å². The highest BCUT2D eigenvalue weighted by Gasteiger charge is 2.29. The van der Waals surface area contributed by atoms with Crippen LogP contribution in [0.2, 0.25) is 0 Å². The summed E-state index contributed by atoms with van der Waals surface area (Å²) in [5.41, 5.74) is 3.96. The second kappa shape index (κ2) is 10.4. The molecule has 0 radical (unpaired) electrons. The Kier molecular flexibility index (Phi) is 7.91. The SMILES string of the molecule is CN(C)CCCn1nc2c3c(c([N+](=O)[O-])ccc31)Nc1ccc(OCC(C)(C)C)cc1-2.CS(=O)(=O)O. The number of fused-ring (bicyclic) bond motifs is 2. The summed E-state index contributed by atoms with van der Waals surface area (Å²) in [6, 6.07) is 9.13. The van der Waals surface area contributed by atoms with Crippen LogP contribution in [0, 0.1) is 15.5 Å². The summed E-state index contributed by atoms with van der Waals surface area (Å²) in [5.74, 6) is 0.764. The molecule has 0 unspecified atom stereocenters. The van der Waals surface area contributed by atoms with Crippen LogP contribution in [0.25, 0.3) is 22.2 Å². The van der Waals surface area contributed by atoms with Crippen molar-refractivity contribution in [2.45, 2.75) is 33.7 Å². The molecule has 0 fully saturated rings. The predicted octanol–water partition coefficient (Wildman–Crippen LogP) is 4.55. The first-order chi connectivity index (χ1) is 16.6. The molecule has 0 saturated carbocycles. The van der Waals surface area contributed by atoms with Gasteiger partial charge < -0.3 is 15.0 Å². The summed E-state index contributed by atoms with van der Waals surface area (Å²) < 4.78 is 33.8. The quantitative estimate of drug-likeness (QED) is 0.204. The van der Waals surface area contributed by atoms with E-state index in [0.29, 0.717) is 18.6 Å². The van der Waals surface area contributed by atoms with Gasteiger partial charge in [0.1, 0.15) is 17.1 Å². The van der Waals surface area contributed by atoms with Crippen LogP contribution in [0.1, 0.15) is 27.2 Å². The topological polar surface area (TPSA) is 140 Å². The first-order valence-electron chi connectivity index (χ1n) is 11.4. The Morgan fingerprint density at radius 2 is 1.89 bits per heavy atom. The number of aromatic nitrogens is 2. The van der Waals surface area contributed by atoms with Crippen LogP contribution in [-0.2, 0) is 16.7 Å². The molecule has 3 aromatic rings. The summed E-state index contributed by atoms with van der Waals surface area (Å²) in [7, 11) is 0.420. The van der Waals surface area contributed by atoms with Crippen LogP contribution in [-0.4, -0.2) is 66.1 Å². The lowest BCUT2D eigenvalue weighted by Gasteiger charge is -2.21. The molecule has 0 aliphatic carbocycles. The van der Waals surface area contributed by atoms with Gasteiger partial charge in [-0.15, -0.1) is 0 Å². The largest absolute Gasteiger partial charge is 0.493 e. The molecule has 4 rings (SSSR count). The third kappa shape index (κ3) is 6.93. The van der Waals surface area contributed by atoms with Crippen molar-refractivity contribution in [2.24, 2.45) is 5.41 Å². The van der Waals surface area contributed by atoms with E-state index in [1.165, 1.54) is 0 Å². The number of hydrogen-bond donors (Lipinski definition) is 2. The Hall–Kier alpha value is -3.22. The van der Waals surface area contributed by atoms with E-state index in [0.717, 1.165) is 53.1 Å². The first kappa shape index (κ1) is 27.4. The zero-order chi connectivity index (χ0) is 26.8. The molecule has 2 heterocycles. The second-order valence-corrected chi connectivity index (χ2v) is 11.7. The Morgan fingerprint density at radius 1 is 1.22 bits per heavy atom. The minimum absolute atomic E-state index is 0.0443. The average Bonchev–Trinajstić information content (AvgIpc) is 3.10. The van der Waals surface area contributed by atoms with Crippen LogP contribution >= 0.6 is 0 Å². The zero-order valence-electron chi connectivity index (χ0n) is 21.4. The van der Waals surface area contributed by atoms with Crippen molar-refractivity contribution < 1.29 is 22.6 Å². The van der Waals surface area contributed by atoms with Crippen molar-refractivity contribution >= 4 is 38.1 Å². The molecule has 2 N–H and O–H groups in total. The molecule has 0 saturated heterocycles. The Balaban J connectivity index is 0.000000658. The van der Waals surface area contributed by atoms with E-state index < -0.39 is 10.1 Å². The maximum Gasteiger partial charge on any atom is 0.293 e. The standard InChI is InChI=1S/C23H29N5O3.CH4O3S/c1-23(2,3)14-31-15-7-8-17-16(13-15)21-20-18(27(25-21)12-6-11-26(4)5)9-10-19(28(29)30)22(20)24-17;1-5(2,3)4/h7-10,13,24H,6,11-12,14H2,1-5H3;1H3,(H,2,3,4). The number of aryl methyl sites for hydroxylation is 1. The Morgan fingerprint density at radius 3 is 2.47 bits per heavy atom. The minimum atomic E-state index is -3.67. The lowest BCUT2D eigenvalue weighted by Crippen LogP contribution is -2.17. The molecule has 0 bridgehead atoms. The lowest BCUT2D eigenvalue weighted by atomic mass is 9.98. The van der Waals surface area contributed by atoms with Crippen molar-refractivity contribution in [1.82, 2.24) is 14.7 Å². The average molecular weight is 520 g/mol. The van der Waals surface area contributed by atoms with E-state index in [1.54, 1.807) is 12.1 Å². The summed E-state index contributed by atoms with van der Waals surface area (Å²) in [5, 5.41) is 20.6. The fraction of sp³-hybridized carbons (Fsp3) is 0.458.